The van der Waals surface area contributed by atoms with Crippen LogP contribution in [0.25, 0.3) is 0 Å². The number of nitrogens with zero attached hydrogens (tertiary/aromatic N) is 1. The predicted molar refractivity (Wildman–Crippen MR) is 115 cm³/mol. The monoisotopic (exact) mass is 449 g/mol. The first kappa shape index (κ1) is 22.9. The molecule has 0 radical (unpaired) electrons. The zero-order chi connectivity index (χ0) is 22.6. The van der Waals surface area contributed by atoms with Crippen LogP contribution in [0.5, 0.6) is 11.5 Å². The summed E-state index contributed by atoms with van der Waals surface area (Å²) in [4.78, 5) is 24.5. The van der Waals surface area contributed by atoms with Gasteiger partial charge in [0.1, 0.15) is 11.5 Å². The Morgan fingerprint density at radius 2 is 1.81 bits per heavy atom. The zero-order valence-electron chi connectivity index (χ0n) is 17.9. The fourth-order valence-corrected chi connectivity index (χ4v) is 5.52. The minimum atomic E-state index is -3.04. The molecular weight excluding hydrogens is 422 g/mol. The highest BCUT2D eigenvalue weighted by Gasteiger charge is 2.31. The van der Waals surface area contributed by atoms with Crippen LogP contribution in [0.2, 0.25) is 0 Å². The van der Waals surface area contributed by atoms with Crippen molar-refractivity contribution >= 4 is 21.6 Å². The molecule has 1 atom stereocenters. The maximum absolute atomic E-state index is 12.6. The standard InChI is InChI=1S/C22H27NO7S/c1-15-12-20(16(2)23(15)17-9-11-31(26,27)14-17)21(24)13-30-22(25)8-10-29-19-6-4-18(28-3)5-7-19/h4-7,12,17H,8-11,13-14H2,1-3H3. The molecule has 1 fully saturated rings. The second kappa shape index (κ2) is 9.55. The molecule has 0 bridgehead atoms. The SMILES string of the molecule is COc1ccc(OCCC(=O)OCC(=O)c2cc(C)n(C3CCS(=O)(=O)C3)c2C)cc1. The lowest BCUT2D eigenvalue weighted by molar-refractivity contribution is -0.143. The Hall–Kier alpha value is -2.81. The molecule has 3 rings (SSSR count). The van der Waals surface area contributed by atoms with Gasteiger partial charge in [-0.25, -0.2) is 8.42 Å². The highest BCUT2D eigenvalue weighted by molar-refractivity contribution is 7.91. The number of Topliss-reactive ketones (excluding diaryl/α,β-unsaturated/α-hetero) is 1. The number of ketones is 1. The molecule has 0 amide bonds. The number of hydrogen-bond donors (Lipinski definition) is 0. The molecule has 8 nitrogen and oxygen atoms in total. The largest absolute Gasteiger partial charge is 0.497 e. The lowest BCUT2D eigenvalue weighted by Gasteiger charge is -2.16. The van der Waals surface area contributed by atoms with Crippen molar-refractivity contribution in [2.45, 2.75) is 32.7 Å². The normalized spacial score (nSPS) is 17.3. The van der Waals surface area contributed by atoms with E-state index in [0.717, 1.165) is 5.69 Å². The molecule has 2 aromatic rings. The minimum Gasteiger partial charge on any atom is -0.497 e. The molecule has 31 heavy (non-hydrogen) atoms. The highest BCUT2D eigenvalue weighted by Crippen LogP contribution is 2.29. The van der Waals surface area contributed by atoms with E-state index in [1.807, 2.05) is 11.5 Å². The summed E-state index contributed by atoms with van der Waals surface area (Å²) < 4.78 is 41.2. The smallest absolute Gasteiger partial charge is 0.309 e. The Kier molecular flexibility index (Phi) is 7.04. The summed E-state index contributed by atoms with van der Waals surface area (Å²) in [6.07, 6.45) is 0.549. The molecule has 1 aromatic heterocycles. The van der Waals surface area contributed by atoms with Gasteiger partial charge in [0.25, 0.3) is 0 Å². The second-order valence-corrected chi connectivity index (χ2v) is 9.80. The average molecular weight is 450 g/mol. The Morgan fingerprint density at radius 1 is 1.13 bits per heavy atom. The van der Waals surface area contributed by atoms with Gasteiger partial charge >= 0.3 is 5.97 Å². The summed E-state index contributed by atoms with van der Waals surface area (Å²) in [6, 6.07) is 8.54. The first-order chi connectivity index (χ1) is 14.7. The fraction of sp³-hybridized carbons (Fsp3) is 0.455. The Bertz CT molecular complexity index is 1050. The van der Waals surface area contributed by atoms with E-state index >= 15 is 0 Å². The second-order valence-electron chi connectivity index (χ2n) is 7.57. The van der Waals surface area contributed by atoms with E-state index in [1.165, 1.54) is 0 Å². The van der Waals surface area contributed by atoms with Crippen molar-refractivity contribution in [3.63, 3.8) is 0 Å². The molecule has 168 valence electrons. The Labute approximate surface area is 182 Å². The molecular formula is C22H27NO7S. The Balaban J connectivity index is 1.50. The van der Waals surface area contributed by atoms with Crippen LogP contribution >= 0.6 is 0 Å². The van der Waals surface area contributed by atoms with Crippen LogP contribution < -0.4 is 9.47 Å². The van der Waals surface area contributed by atoms with E-state index in [0.29, 0.717) is 29.2 Å². The van der Waals surface area contributed by atoms with Crippen molar-refractivity contribution in [3.05, 3.63) is 47.3 Å². The van der Waals surface area contributed by atoms with Crippen LogP contribution in [0.1, 0.15) is 40.6 Å². The van der Waals surface area contributed by atoms with E-state index in [4.69, 9.17) is 14.2 Å². The summed E-state index contributed by atoms with van der Waals surface area (Å²) in [7, 11) is -1.46. The molecule has 0 saturated carbocycles. The van der Waals surface area contributed by atoms with Crippen LogP contribution in [0.15, 0.2) is 30.3 Å². The number of methoxy groups -OCH3 is 1. The van der Waals surface area contributed by atoms with Gasteiger partial charge in [0.15, 0.2) is 16.4 Å². The van der Waals surface area contributed by atoms with E-state index in [2.05, 4.69) is 0 Å². The third-order valence-corrected chi connectivity index (χ3v) is 7.11. The maximum Gasteiger partial charge on any atom is 0.309 e. The molecule has 2 heterocycles. The quantitative estimate of drug-likeness (QED) is 0.428. The van der Waals surface area contributed by atoms with Gasteiger partial charge in [-0.15, -0.1) is 0 Å². The predicted octanol–water partition coefficient (Wildman–Crippen LogP) is 2.67. The summed E-state index contributed by atoms with van der Waals surface area (Å²) >= 11 is 0. The molecule has 0 N–H and O–H groups in total. The van der Waals surface area contributed by atoms with Crippen LogP contribution in [0.4, 0.5) is 0 Å². The number of carbonyl (C=O) groups excluding carboxylic acids is 2. The molecule has 1 aromatic carbocycles. The number of sulfone groups is 1. The van der Waals surface area contributed by atoms with Crippen LogP contribution in [-0.2, 0) is 19.4 Å². The molecule has 1 aliphatic heterocycles. The third-order valence-electron chi connectivity index (χ3n) is 5.36. The molecule has 0 aliphatic carbocycles. The lowest BCUT2D eigenvalue weighted by Crippen LogP contribution is -2.17. The van der Waals surface area contributed by atoms with Crippen molar-refractivity contribution in [2.24, 2.45) is 0 Å². The molecule has 1 unspecified atom stereocenters. The number of benzene rings is 1. The van der Waals surface area contributed by atoms with Gasteiger partial charge in [0.2, 0.25) is 5.78 Å². The summed E-state index contributed by atoms with van der Waals surface area (Å²) in [5.41, 5.74) is 1.97. The first-order valence-electron chi connectivity index (χ1n) is 10.0. The number of aromatic nitrogens is 1. The van der Waals surface area contributed by atoms with Crippen molar-refractivity contribution in [2.75, 3.05) is 31.8 Å². The van der Waals surface area contributed by atoms with Crippen LogP contribution in [0.3, 0.4) is 0 Å². The zero-order valence-corrected chi connectivity index (χ0v) is 18.7. The van der Waals surface area contributed by atoms with Crippen LogP contribution in [-0.4, -0.2) is 56.6 Å². The Morgan fingerprint density at radius 3 is 2.42 bits per heavy atom. The molecule has 0 spiro atoms. The van der Waals surface area contributed by atoms with Gasteiger partial charge < -0.3 is 18.8 Å². The number of carbonyl (C=O) groups is 2. The average Bonchev–Trinajstić information content (AvgIpc) is 3.24. The number of aryl methyl sites for hydroxylation is 1. The fourth-order valence-electron chi connectivity index (χ4n) is 3.82. The van der Waals surface area contributed by atoms with Crippen molar-refractivity contribution in [1.29, 1.82) is 0 Å². The van der Waals surface area contributed by atoms with Crippen molar-refractivity contribution in [1.82, 2.24) is 4.57 Å². The third kappa shape index (κ3) is 5.66. The van der Waals surface area contributed by atoms with Gasteiger partial charge in [-0.2, -0.15) is 0 Å². The summed E-state index contributed by atoms with van der Waals surface area (Å²) in [5, 5.41) is 0. The van der Waals surface area contributed by atoms with Gasteiger partial charge in [-0.1, -0.05) is 0 Å². The molecule has 1 aliphatic rings. The number of rotatable bonds is 9. The van der Waals surface area contributed by atoms with E-state index in [-0.39, 0.29) is 43.0 Å². The van der Waals surface area contributed by atoms with Crippen molar-refractivity contribution in [3.8, 4) is 11.5 Å². The van der Waals surface area contributed by atoms with Gasteiger partial charge in [0.05, 0.1) is 31.6 Å². The van der Waals surface area contributed by atoms with E-state index in [9.17, 15) is 18.0 Å². The number of hydrogen-bond acceptors (Lipinski definition) is 7. The van der Waals surface area contributed by atoms with Crippen LogP contribution in [0, 0.1) is 13.8 Å². The van der Waals surface area contributed by atoms with Crippen molar-refractivity contribution < 1.29 is 32.2 Å². The number of ether oxygens (including phenoxy) is 3. The first-order valence-corrected chi connectivity index (χ1v) is 11.9. The van der Waals surface area contributed by atoms with Gasteiger partial charge in [0, 0.05) is 23.0 Å². The number of esters is 1. The highest BCUT2D eigenvalue weighted by atomic mass is 32.2. The summed E-state index contributed by atoms with van der Waals surface area (Å²) in [5.74, 6) is 0.710. The maximum atomic E-state index is 12.6. The van der Waals surface area contributed by atoms with Gasteiger partial charge in [-0.05, 0) is 50.6 Å². The summed E-state index contributed by atoms with van der Waals surface area (Å²) in [6.45, 7) is 3.39. The molecule has 9 heteroatoms. The lowest BCUT2D eigenvalue weighted by atomic mass is 10.1. The van der Waals surface area contributed by atoms with E-state index in [1.54, 1.807) is 44.4 Å². The van der Waals surface area contributed by atoms with Gasteiger partial charge in [-0.3, -0.25) is 9.59 Å². The topological polar surface area (TPSA) is 101 Å². The molecule has 1 saturated heterocycles. The van der Waals surface area contributed by atoms with E-state index < -0.39 is 15.8 Å². The minimum absolute atomic E-state index is 0.0122.